The zero-order valence-corrected chi connectivity index (χ0v) is 16.3. The first kappa shape index (κ1) is 17.1. The molecule has 4 rings (SSSR count). The molecule has 1 heterocycles. The fourth-order valence-corrected chi connectivity index (χ4v) is 4.03. The van der Waals surface area contributed by atoms with Gasteiger partial charge in [-0.25, -0.2) is 4.39 Å². The highest BCUT2D eigenvalue weighted by atomic mass is 79.9. The minimum atomic E-state index is -0.286. The van der Waals surface area contributed by atoms with E-state index in [2.05, 4.69) is 30.7 Å². The average molecular weight is 439 g/mol. The topological polar surface area (TPSA) is 30.7 Å². The minimum absolute atomic E-state index is 0.286. The lowest BCUT2D eigenvalue weighted by molar-refractivity contribution is 0.617. The molecule has 0 unspecified atom stereocenters. The van der Waals surface area contributed by atoms with Gasteiger partial charge in [0.15, 0.2) is 11.0 Å². The summed E-state index contributed by atoms with van der Waals surface area (Å²) in [6.45, 7) is 0. The molecule has 0 amide bonds. The molecule has 1 aliphatic carbocycles. The van der Waals surface area contributed by atoms with Crippen LogP contribution < -0.4 is 0 Å². The van der Waals surface area contributed by atoms with Crippen LogP contribution in [0.5, 0.6) is 0 Å². The molecule has 1 aromatic heterocycles. The van der Waals surface area contributed by atoms with Crippen molar-refractivity contribution in [2.45, 2.75) is 29.8 Å². The maximum absolute atomic E-state index is 14.0. The Labute approximate surface area is 162 Å². The Hall–Kier alpha value is -1.37. The van der Waals surface area contributed by atoms with Crippen molar-refractivity contribution in [3.8, 4) is 11.4 Å². The zero-order chi connectivity index (χ0) is 17.4. The molecule has 2 aromatic carbocycles. The highest BCUT2D eigenvalue weighted by Crippen LogP contribution is 2.41. The van der Waals surface area contributed by atoms with E-state index in [0.717, 1.165) is 33.9 Å². The molecule has 0 aliphatic heterocycles. The number of hydrogen-bond acceptors (Lipinski definition) is 3. The fourth-order valence-electron chi connectivity index (χ4n) is 2.61. The van der Waals surface area contributed by atoms with Crippen LogP contribution in [-0.2, 0) is 5.75 Å². The SMILES string of the molecule is Fc1cc(Cl)ccc1CSc1nnc(-c2ccc(Br)cc2)n1C1CC1. The van der Waals surface area contributed by atoms with Crippen molar-refractivity contribution in [1.82, 2.24) is 14.8 Å². The van der Waals surface area contributed by atoms with E-state index in [4.69, 9.17) is 11.6 Å². The van der Waals surface area contributed by atoms with Crippen LogP contribution in [0.4, 0.5) is 4.39 Å². The fraction of sp³-hybridized carbons (Fsp3) is 0.222. The van der Waals surface area contributed by atoms with Crippen LogP contribution in [0, 0.1) is 5.82 Å². The summed E-state index contributed by atoms with van der Waals surface area (Å²) in [5.41, 5.74) is 1.65. The summed E-state index contributed by atoms with van der Waals surface area (Å²) in [7, 11) is 0. The van der Waals surface area contributed by atoms with Crippen LogP contribution in [-0.4, -0.2) is 14.8 Å². The van der Waals surface area contributed by atoms with Gasteiger partial charge in [-0.3, -0.25) is 4.57 Å². The van der Waals surface area contributed by atoms with Crippen LogP contribution in [0.1, 0.15) is 24.4 Å². The molecule has 0 N–H and O–H groups in total. The van der Waals surface area contributed by atoms with Gasteiger partial charge < -0.3 is 0 Å². The van der Waals surface area contributed by atoms with E-state index >= 15 is 0 Å². The predicted molar refractivity (Wildman–Crippen MR) is 102 cm³/mol. The maximum Gasteiger partial charge on any atom is 0.192 e. The molecule has 1 fully saturated rings. The van der Waals surface area contributed by atoms with Gasteiger partial charge in [-0.1, -0.05) is 57.5 Å². The number of rotatable bonds is 5. The Morgan fingerprint density at radius 2 is 1.92 bits per heavy atom. The van der Waals surface area contributed by atoms with Gasteiger partial charge in [0.25, 0.3) is 0 Å². The third kappa shape index (κ3) is 3.76. The molecular formula is C18H14BrClFN3S. The van der Waals surface area contributed by atoms with Crippen molar-refractivity contribution in [3.63, 3.8) is 0 Å². The Balaban J connectivity index is 1.61. The number of hydrogen-bond donors (Lipinski definition) is 0. The van der Waals surface area contributed by atoms with Crippen molar-refractivity contribution in [1.29, 1.82) is 0 Å². The van der Waals surface area contributed by atoms with E-state index < -0.39 is 0 Å². The molecule has 128 valence electrons. The molecular weight excluding hydrogens is 425 g/mol. The number of benzene rings is 2. The third-order valence-electron chi connectivity index (χ3n) is 4.05. The highest BCUT2D eigenvalue weighted by molar-refractivity contribution is 9.10. The summed E-state index contributed by atoms with van der Waals surface area (Å²) in [5, 5.41) is 9.98. The van der Waals surface area contributed by atoms with Crippen molar-refractivity contribution >= 4 is 39.3 Å². The van der Waals surface area contributed by atoms with Crippen LogP contribution in [0.25, 0.3) is 11.4 Å². The van der Waals surface area contributed by atoms with E-state index in [1.54, 1.807) is 12.1 Å². The molecule has 0 bridgehead atoms. The lowest BCUT2D eigenvalue weighted by Crippen LogP contribution is -2.00. The van der Waals surface area contributed by atoms with Gasteiger partial charge in [-0.2, -0.15) is 0 Å². The van der Waals surface area contributed by atoms with Crippen LogP contribution >= 0.6 is 39.3 Å². The summed E-state index contributed by atoms with van der Waals surface area (Å²) in [6, 6.07) is 13.3. The van der Waals surface area contributed by atoms with Gasteiger partial charge in [-0.05, 0) is 42.7 Å². The second-order valence-electron chi connectivity index (χ2n) is 5.94. The van der Waals surface area contributed by atoms with Crippen LogP contribution in [0.2, 0.25) is 5.02 Å². The van der Waals surface area contributed by atoms with Gasteiger partial charge in [0.1, 0.15) is 5.82 Å². The van der Waals surface area contributed by atoms with Crippen molar-refractivity contribution in [2.24, 2.45) is 0 Å². The second kappa shape index (κ2) is 7.09. The Morgan fingerprint density at radius 3 is 2.60 bits per heavy atom. The summed E-state index contributed by atoms with van der Waals surface area (Å²) in [4.78, 5) is 0. The van der Waals surface area contributed by atoms with Crippen molar-refractivity contribution < 1.29 is 4.39 Å². The van der Waals surface area contributed by atoms with Gasteiger partial charge in [0.2, 0.25) is 0 Å². The molecule has 25 heavy (non-hydrogen) atoms. The first-order valence-corrected chi connectivity index (χ1v) is 10.0. The average Bonchev–Trinajstić information content (AvgIpc) is 3.35. The Kier molecular flexibility index (Phi) is 4.84. The molecule has 0 saturated heterocycles. The Morgan fingerprint density at radius 1 is 1.16 bits per heavy atom. The largest absolute Gasteiger partial charge is 0.299 e. The third-order valence-corrected chi connectivity index (χ3v) is 5.81. The monoisotopic (exact) mass is 437 g/mol. The van der Waals surface area contributed by atoms with Crippen molar-refractivity contribution in [3.05, 3.63) is 63.3 Å². The van der Waals surface area contributed by atoms with E-state index in [-0.39, 0.29) is 5.82 Å². The normalized spacial score (nSPS) is 14.0. The first-order chi connectivity index (χ1) is 12.1. The molecule has 3 nitrogen and oxygen atoms in total. The van der Waals surface area contributed by atoms with E-state index in [1.165, 1.54) is 17.8 Å². The van der Waals surface area contributed by atoms with E-state index in [0.29, 0.717) is 22.4 Å². The number of thioether (sulfide) groups is 1. The zero-order valence-electron chi connectivity index (χ0n) is 13.1. The predicted octanol–water partition coefficient (Wildman–Crippen LogP) is 6.13. The lowest BCUT2D eigenvalue weighted by Gasteiger charge is -2.09. The molecule has 0 spiro atoms. The van der Waals surface area contributed by atoms with Crippen LogP contribution in [0.3, 0.4) is 0 Å². The summed E-state index contributed by atoms with van der Waals surface area (Å²) in [5.74, 6) is 1.08. The summed E-state index contributed by atoms with van der Waals surface area (Å²) < 4.78 is 17.2. The summed E-state index contributed by atoms with van der Waals surface area (Å²) in [6.07, 6.45) is 2.26. The van der Waals surface area contributed by atoms with Gasteiger partial charge in [0, 0.05) is 26.9 Å². The standard InChI is InChI=1S/C18H14BrClFN3S/c19-13-4-1-11(2-5-13)17-22-23-18(24(17)15-7-8-15)25-10-12-3-6-14(20)9-16(12)21/h1-6,9,15H,7-8,10H2. The molecule has 0 radical (unpaired) electrons. The van der Waals surface area contributed by atoms with E-state index in [1.807, 2.05) is 24.3 Å². The van der Waals surface area contributed by atoms with Gasteiger partial charge in [0.05, 0.1) is 0 Å². The number of halogens is 3. The molecule has 0 atom stereocenters. The second-order valence-corrected chi connectivity index (χ2v) is 8.23. The number of nitrogens with zero attached hydrogens (tertiary/aromatic N) is 3. The smallest absolute Gasteiger partial charge is 0.192 e. The molecule has 3 aromatic rings. The van der Waals surface area contributed by atoms with Gasteiger partial charge >= 0.3 is 0 Å². The minimum Gasteiger partial charge on any atom is -0.299 e. The summed E-state index contributed by atoms with van der Waals surface area (Å²) >= 11 is 10.8. The van der Waals surface area contributed by atoms with Gasteiger partial charge in [-0.15, -0.1) is 10.2 Å². The van der Waals surface area contributed by atoms with Crippen molar-refractivity contribution in [2.75, 3.05) is 0 Å². The molecule has 1 aliphatic rings. The molecule has 7 heteroatoms. The lowest BCUT2D eigenvalue weighted by atomic mass is 10.2. The quantitative estimate of drug-likeness (QED) is 0.449. The maximum atomic E-state index is 14.0. The number of aromatic nitrogens is 3. The Bertz CT molecular complexity index is 909. The van der Waals surface area contributed by atoms with Crippen LogP contribution in [0.15, 0.2) is 52.1 Å². The van der Waals surface area contributed by atoms with E-state index in [9.17, 15) is 4.39 Å². The first-order valence-electron chi connectivity index (χ1n) is 7.89. The molecule has 1 saturated carbocycles. The highest BCUT2D eigenvalue weighted by Gasteiger charge is 2.30.